The Morgan fingerprint density at radius 1 is 1.00 bits per heavy atom. The third-order valence-electron chi connectivity index (χ3n) is 2.84. The zero-order chi connectivity index (χ0) is 14.4. The second-order valence-corrected chi connectivity index (χ2v) is 4.47. The third-order valence-corrected chi connectivity index (χ3v) is 2.84. The van der Waals surface area contributed by atoms with Gasteiger partial charge in [-0.3, -0.25) is 0 Å². The quantitative estimate of drug-likeness (QED) is 0.801. The average molecular weight is 283 g/mol. The molecule has 0 atom stereocenters. The molecule has 2 aromatic rings. The zero-order valence-corrected chi connectivity index (χ0v) is 10.9. The van der Waals surface area contributed by atoms with Gasteiger partial charge in [-0.15, -0.1) is 0 Å². The molecule has 0 unspecified atom stereocenters. The first-order chi connectivity index (χ1) is 9.56. The van der Waals surface area contributed by atoms with E-state index in [1.54, 1.807) is 0 Å². The van der Waals surface area contributed by atoms with Gasteiger partial charge in [-0.05, 0) is 17.9 Å². The lowest BCUT2D eigenvalue weighted by Crippen LogP contribution is -2.18. The first-order valence-corrected chi connectivity index (χ1v) is 6.42. The molecule has 20 heavy (non-hydrogen) atoms. The Labute approximate surface area is 115 Å². The lowest BCUT2D eigenvalue weighted by atomic mass is 10.1. The molecule has 2 aromatic carbocycles. The Kier molecular flexibility index (Phi) is 4.84. The predicted molar refractivity (Wildman–Crippen MR) is 73.9 cm³/mol. The van der Waals surface area contributed by atoms with E-state index in [2.05, 4.69) is 10.1 Å². The summed E-state index contributed by atoms with van der Waals surface area (Å²) in [5.74, 6) is 0. The lowest BCUT2D eigenvalue weighted by molar-refractivity contribution is -0.173. The minimum atomic E-state index is -4.25. The van der Waals surface area contributed by atoms with Gasteiger partial charge >= 0.3 is 6.18 Å². The van der Waals surface area contributed by atoms with Crippen LogP contribution in [0.2, 0.25) is 0 Å². The van der Waals surface area contributed by atoms with Gasteiger partial charge in [0.15, 0.2) is 0 Å². The largest absolute Gasteiger partial charge is 0.411 e. The molecule has 108 valence electrons. The molecule has 0 amide bonds. The van der Waals surface area contributed by atoms with Gasteiger partial charge < -0.3 is 10.1 Å². The molecule has 0 bridgehead atoms. The Balaban J connectivity index is 1.79. The van der Waals surface area contributed by atoms with Crippen molar-refractivity contribution in [3.63, 3.8) is 0 Å². The third kappa shape index (κ3) is 4.42. The van der Waals surface area contributed by atoms with E-state index >= 15 is 0 Å². The molecule has 0 aliphatic rings. The number of hydrogen-bond acceptors (Lipinski definition) is 2. The monoisotopic (exact) mass is 283 g/mol. The van der Waals surface area contributed by atoms with Crippen LogP contribution in [0.25, 0.3) is 10.8 Å². The topological polar surface area (TPSA) is 21.3 Å². The maximum atomic E-state index is 11.9. The van der Waals surface area contributed by atoms with Gasteiger partial charge in [-0.1, -0.05) is 36.4 Å². The van der Waals surface area contributed by atoms with E-state index in [4.69, 9.17) is 0 Å². The number of alkyl halides is 3. The number of nitrogens with one attached hydrogen (secondary N) is 1. The van der Waals surface area contributed by atoms with Crippen molar-refractivity contribution in [2.45, 2.75) is 12.6 Å². The van der Waals surface area contributed by atoms with Crippen molar-refractivity contribution in [3.05, 3.63) is 42.5 Å². The van der Waals surface area contributed by atoms with E-state index in [9.17, 15) is 13.2 Å². The van der Waals surface area contributed by atoms with Crippen LogP contribution in [0.15, 0.2) is 42.5 Å². The number of fused-ring (bicyclic) bond motifs is 1. The van der Waals surface area contributed by atoms with Gasteiger partial charge in [0, 0.05) is 24.2 Å². The van der Waals surface area contributed by atoms with E-state index in [1.807, 2.05) is 42.5 Å². The maximum absolute atomic E-state index is 11.9. The van der Waals surface area contributed by atoms with Crippen molar-refractivity contribution in [1.29, 1.82) is 0 Å². The summed E-state index contributed by atoms with van der Waals surface area (Å²) < 4.78 is 40.1. The summed E-state index contributed by atoms with van der Waals surface area (Å²) in [6.07, 6.45) is -3.72. The van der Waals surface area contributed by atoms with Gasteiger partial charge in [0.2, 0.25) is 0 Å². The molecule has 0 spiro atoms. The van der Waals surface area contributed by atoms with Crippen molar-refractivity contribution in [2.24, 2.45) is 0 Å². The second kappa shape index (κ2) is 6.61. The molecular formula is C15H16F3NO. The van der Waals surface area contributed by atoms with Crippen LogP contribution in [-0.4, -0.2) is 25.9 Å². The fourth-order valence-corrected chi connectivity index (χ4v) is 1.96. The highest BCUT2D eigenvalue weighted by Gasteiger charge is 2.27. The van der Waals surface area contributed by atoms with Gasteiger partial charge in [-0.25, -0.2) is 0 Å². The number of hydrogen-bond donors (Lipinski definition) is 1. The van der Waals surface area contributed by atoms with E-state index in [0.717, 1.165) is 16.5 Å². The minimum Gasteiger partial charge on any atom is -0.384 e. The minimum absolute atomic E-state index is 0.0945. The highest BCUT2D eigenvalue weighted by Crippen LogP contribution is 2.22. The second-order valence-electron chi connectivity index (χ2n) is 4.47. The van der Waals surface area contributed by atoms with Gasteiger partial charge in [0.25, 0.3) is 0 Å². The summed E-state index contributed by atoms with van der Waals surface area (Å²) in [5, 5.41) is 5.46. The Morgan fingerprint density at radius 3 is 2.55 bits per heavy atom. The molecule has 0 aliphatic heterocycles. The molecule has 0 saturated heterocycles. The van der Waals surface area contributed by atoms with Crippen molar-refractivity contribution >= 4 is 16.5 Å². The Morgan fingerprint density at radius 2 is 1.75 bits per heavy atom. The van der Waals surface area contributed by atoms with Crippen molar-refractivity contribution < 1.29 is 17.9 Å². The SMILES string of the molecule is FC(F)(F)COCCCNc1cccc2ccccc12. The Bertz CT molecular complexity index is 549. The highest BCUT2D eigenvalue weighted by molar-refractivity contribution is 5.93. The van der Waals surface area contributed by atoms with E-state index in [1.165, 1.54) is 0 Å². The van der Waals surface area contributed by atoms with E-state index < -0.39 is 12.8 Å². The summed E-state index contributed by atoms with van der Waals surface area (Å²) in [5.41, 5.74) is 0.985. The normalized spacial score (nSPS) is 11.8. The summed E-state index contributed by atoms with van der Waals surface area (Å²) in [7, 11) is 0. The van der Waals surface area contributed by atoms with Gasteiger partial charge in [-0.2, -0.15) is 13.2 Å². The van der Waals surface area contributed by atoms with Crippen LogP contribution in [0.4, 0.5) is 18.9 Å². The van der Waals surface area contributed by atoms with Crippen LogP contribution in [0.3, 0.4) is 0 Å². The number of ether oxygens (including phenoxy) is 1. The van der Waals surface area contributed by atoms with Crippen molar-refractivity contribution in [3.8, 4) is 0 Å². The molecular weight excluding hydrogens is 267 g/mol. The Hall–Kier alpha value is -1.75. The van der Waals surface area contributed by atoms with Crippen LogP contribution in [-0.2, 0) is 4.74 Å². The number of anilines is 1. The molecule has 1 N–H and O–H groups in total. The molecule has 2 nitrogen and oxygen atoms in total. The fourth-order valence-electron chi connectivity index (χ4n) is 1.96. The predicted octanol–water partition coefficient (Wildman–Crippen LogP) is 4.22. The van der Waals surface area contributed by atoms with Crippen molar-refractivity contribution in [2.75, 3.05) is 25.1 Å². The summed E-state index contributed by atoms with van der Waals surface area (Å²) in [4.78, 5) is 0. The molecule has 5 heteroatoms. The maximum Gasteiger partial charge on any atom is 0.411 e. The molecule has 0 aromatic heterocycles. The van der Waals surface area contributed by atoms with Crippen LogP contribution in [0.5, 0.6) is 0 Å². The fraction of sp³-hybridized carbons (Fsp3) is 0.333. The molecule has 0 radical (unpaired) electrons. The number of rotatable bonds is 6. The van der Waals surface area contributed by atoms with Gasteiger partial charge in [0.05, 0.1) is 0 Å². The van der Waals surface area contributed by atoms with Crippen LogP contribution >= 0.6 is 0 Å². The van der Waals surface area contributed by atoms with Gasteiger partial charge in [0.1, 0.15) is 6.61 Å². The first kappa shape index (κ1) is 14.7. The standard InChI is InChI=1S/C15H16F3NO/c16-15(17,18)11-20-10-4-9-19-14-8-3-6-12-5-1-2-7-13(12)14/h1-3,5-8,19H,4,9-11H2. The molecule has 2 rings (SSSR count). The van der Waals surface area contributed by atoms with E-state index in [-0.39, 0.29) is 6.61 Å². The van der Waals surface area contributed by atoms with Crippen LogP contribution < -0.4 is 5.32 Å². The summed E-state index contributed by atoms with van der Waals surface area (Å²) >= 11 is 0. The smallest absolute Gasteiger partial charge is 0.384 e. The van der Waals surface area contributed by atoms with Crippen LogP contribution in [0.1, 0.15) is 6.42 Å². The van der Waals surface area contributed by atoms with E-state index in [0.29, 0.717) is 13.0 Å². The molecule has 0 heterocycles. The van der Waals surface area contributed by atoms with Crippen LogP contribution in [0, 0.1) is 0 Å². The zero-order valence-electron chi connectivity index (χ0n) is 10.9. The lowest BCUT2D eigenvalue weighted by Gasteiger charge is -2.10. The van der Waals surface area contributed by atoms with Crippen molar-refractivity contribution in [1.82, 2.24) is 0 Å². The number of benzene rings is 2. The first-order valence-electron chi connectivity index (χ1n) is 6.42. The summed E-state index contributed by atoms with van der Waals surface area (Å²) in [6, 6.07) is 13.9. The molecule has 0 saturated carbocycles. The average Bonchev–Trinajstić information content (AvgIpc) is 2.41. The molecule has 0 aliphatic carbocycles. The molecule has 0 fully saturated rings. The highest BCUT2D eigenvalue weighted by atomic mass is 19.4. The summed E-state index contributed by atoms with van der Waals surface area (Å²) in [6.45, 7) is -0.510. The number of halogens is 3.